The van der Waals surface area contributed by atoms with Gasteiger partial charge in [-0.2, -0.15) is 13.2 Å². The summed E-state index contributed by atoms with van der Waals surface area (Å²) in [6.07, 6.45) is 2.42. The van der Waals surface area contributed by atoms with E-state index in [1.807, 2.05) is 0 Å². The number of halogens is 4. The van der Waals surface area contributed by atoms with Crippen LogP contribution < -0.4 is 0 Å². The molecule has 0 fully saturated rings. The molecule has 13 heavy (non-hydrogen) atoms. The zero-order valence-corrected chi connectivity index (χ0v) is 7.49. The molecule has 0 aromatic heterocycles. The number of alkyl halides is 3. The van der Waals surface area contributed by atoms with Crippen LogP contribution in [-0.4, -0.2) is 6.18 Å². The zero-order chi connectivity index (χ0) is 9.90. The van der Waals surface area contributed by atoms with E-state index in [9.17, 15) is 13.2 Å². The van der Waals surface area contributed by atoms with Gasteiger partial charge in [0.25, 0.3) is 0 Å². The van der Waals surface area contributed by atoms with E-state index >= 15 is 0 Å². The van der Waals surface area contributed by atoms with Crippen molar-refractivity contribution in [1.82, 2.24) is 0 Å². The molecule has 0 atom stereocenters. The van der Waals surface area contributed by atoms with Crippen LogP contribution in [0.2, 0.25) is 0 Å². The minimum Gasteiger partial charge on any atom is -0.166 e. The first-order valence-electron chi connectivity index (χ1n) is 3.82. The molecular weight excluding hydrogens is 201 g/mol. The second-order valence-electron chi connectivity index (χ2n) is 2.64. The molecule has 1 rings (SSSR count). The van der Waals surface area contributed by atoms with Gasteiger partial charge in [0.2, 0.25) is 0 Å². The van der Waals surface area contributed by atoms with Gasteiger partial charge in [-0.15, -0.1) is 0 Å². The average Bonchev–Trinajstić information content (AvgIpc) is 1.94. The Morgan fingerprint density at radius 1 is 1.08 bits per heavy atom. The third-order valence-electron chi connectivity index (χ3n) is 1.61. The summed E-state index contributed by atoms with van der Waals surface area (Å²) >= 11 is 5.47. The van der Waals surface area contributed by atoms with Crippen molar-refractivity contribution in [3.05, 3.63) is 34.9 Å². The monoisotopic (exact) mass is 208 g/mol. The molecule has 0 heterocycles. The van der Waals surface area contributed by atoms with Crippen LogP contribution in [-0.2, 0) is 0 Å². The van der Waals surface area contributed by atoms with Crippen LogP contribution in [0, 0.1) is 0 Å². The van der Waals surface area contributed by atoms with E-state index in [4.69, 9.17) is 11.6 Å². The quantitative estimate of drug-likeness (QED) is 0.566. The fourth-order valence-electron chi connectivity index (χ4n) is 0.980. The minimum atomic E-state index is -4.37. The van der Waals surface area contributed by atoms with Crippen LogP contribution >= 0.6 is 11.6 Å². The summed E-state index contributed by atoms with van der Waals surface area (Å²) < 4.78 is 36.8. The average molecular weight is 209 g/mol. The van der Waals surface area contributed by atoms with Crippen LogP contribution in [0.1, 0.15) is 12.8 Å². The van der Waals surface area contributed by atoms with Gasteiger partial charge in [0.1, 0.15) is 0 Å². The Hall–Kier alpha value is -0.700. The van der Waals surface area contributed by atoms with Gasteiger partial charge in [-0.1, -0.05) is 29.8 Å². The van der Waals surface area contributed by atoms with E-state index in [0.717, 1.165) is 12.5 Å². The van der Waals surface area contributed by atoms with E-state index in [1.165, 1.54) is 12.2 Å². The first-order chi connectivity index (χ1) is 6.02. The Labute approximate surface area is 79.4 Å². The van der Waals surface area contributed by atoms with Crippen molar-refractivity contribution in [3.8, 4) is 0 Å². The molecule has 0 aromatic carbocycles. The molecule has 72 valence electrons. The van der Waals surface area contributed by atoms with Crippen LogP contribution in [0.15, 0.2) is 34.9 Å². The molecule has 1 aliphatic carbocycles. The van der Waals surface area contributed by atoms with Gasteiger partial charge >= 0.3 is 6.18 Å². The van der Waals surface area contributed by atoms with E-state index in [1.54, 1.807) is 6.08 Å². The standard InChI is InChI=1S/C9H8ClF3/c10-8-6-4-2-1-3-5-7(8)9(11,12)13/h3-6H,1-2H2. The zero-order valence-electron chi connectivity index (χ0n) is 6.74. The molecule has 0 unspecified atom stereocenters. The Morgan fingerprint density at radius 2 is 1.62 bits per heavy atom. The maximum atomic E-state index is 12.3. The lowest BCUT2D eigenvalue weighted by atomic mass is 10.1. The van der Waals surface area contributed by atoms with E-state index in [2.05, 4.69) is 0 Å². The number of rotatable bonds is 0. The van der Waals surface area contributed by atoms with Crippen LogP contribution in [0.4, 0.5) is 13.2 Å². The highest BCUT2D eigenvalue weighted by atomic mass is 35.5. The van der Waals surface area contributed by atoms with Crippen molar-refractivity contribution in [2.45, 2.75) is 19.0 Å². The Bertz CT molecular complexity index is 271. The molecule has 4 heteroatoms. The lowest BCUT2D eigenvalue weighted by Crippen LogP contribution is -2.11. The van der Waals surface area contributed by atoms with Crippen molar-refractivity contribution in [1.29, 1.82) is 0 Å². The summed E-state index contributed by atoms with van der Waals surface area (Å²) in [4.78, 5) is 0. The van der Waals surface area contributed by atoms with Gasteiger partial charge in [0, 0.05) is 0 Å². The van der Waals surface area contributed by atoms with Crippen molar-refractivity contribution in [3.63, 3.8) is 0 Å². The van der Waals surface area contributed by atoms with Gasteiger partial charge in [-0.25, -0.2) is 0 Å². The summed E-state index contributed by atoms with van der Waals surface area (Å²) in [5.41, 5.74) is -0.773. The molecule has 0 nitrogen and oxygen atoms in total. The summed E-state index contributed by atoms with van der Waals surface area (Å²) in [5, 5.41) is -0.247. The molecule has 0 aromatic rings. The topological polar surface area (TPSA) is 0 Å². The second-order valence-corrected chi connectivity index (χ2v) is 3.05. The van der Waals surface area contributed by atoms with Gasteiger partial charge < -0.3 is 0 Å². The number of hydrogen-bond acceptors (Lipinski definition) is 0. The smallest absolute Gasteiger partial charge is 0.166 e. The van der Waals surface area contributed by atoms with E-state index < -0.39 is 11.7 Å². The fourth-order valence-corrected chi connectivity index (χ4v) is 1.24. The second kappa shape index (κ2) is 4.01. The van der Waals surface area contributed by atoms with Crippen molar-refractivity contribution < 1.29 is 13.2 Å². The van der Waals surface area contributed by atoms with Crippen LogP contribution in [0.3, 0.4) is 0 Å². The molecule has 0 aliphatic heterocycles. The molecule has 1 aliphatic rings. The number of allylic oxidation sites excluding steroid dienone is 6. The summed E-state index contributed by atoms with van der Waals surface area (Å²) in [6, 6.07) is 0. The lowest BCUT2D eigenvalue weighted by molar-refractivity contribution is -0.0884. The summed E-state index contributed by atoms with van der Waals surface area (Å²) in [7, 11) is 0. The molecule has 0 spiro atoms. The van der Waals surface area contributed by atoms with Crippen molar-refractivity contribution >= 4 is 11.6 Å². The first-order valence-corrected chi connectivity index (χ1v) is 4.19. The highest BCUT2D eigenvalue weighted by Gasteiger charge is 2.33. The summed E-state index contributed by atoms with van der Waals surface area (Å²) in [5.74, 6) is 0. The van der Waals surface area contributed by atoms with Crippen LogP contribution in [0.25, 0.3) is 0 Å². The largest absolute Gasteiger partial charge is 0.417 e. The predicted molar refractivity (Wildman–Crippen MR) is 46.4 cm³/mol. The molecule has 0 bridgehead atoms. The van der Waals surface area contributed by atoms with E-state index in [0.29, 0.717) is 6.42 Å². The maximum Gasteiger partial charge on any atom is 0.417 e. The third kappa shape index (κ3) is 2.92. The lowest BCUT2D eigenvalue weighted by Gasteiger charge is -2.09. The van der Waals surface area contributed by atoms with Gasteiger partial charge in [0.15, 0.2) is 0 Å². The van der Waals surface area contributed by atoms with Crippen molar-refractivity contribution in [2.24, 2.45) is 0 Å². The van der Waals surface area contributed by atoms with Gasteiger partial charge in [-0.3, -0.25) is 0 Å². The van der Waals surface area contributed by atoms with Crippen LogP contribution in [0.5, 0.6) is 0 Å². The summed E-state index contributed by atoms with van der Waals surface area (Å²) in [6.45, 7) is 0. The Balaban J connectivity index is 3.06. The molecule has 0 saturated heterocycles. The fraction of sp³-hybridized carbons (Fsp3) is 0.333. The molecular formula is C9H8ClF3. The highest BCUT2D eigenvalue weighted by Crippen LogP contribution is 2.32. The molecule has 0 amide bonds. The molecule has 0 N–H and O–H groups in total. The molecule has 0 saturated carbocycles. The first kappa shape index (κ1) is 10.4. The SMILES string of the molecule is FC(F)(F)C1=C(Cl)C=CCCC=C1. The highest BCUT2D eigenvalue weighted by molar-refractivity contribution is 6.31. The minimum absolute atomic E-state index is 0.247. The Kier molecular flexibility index (Phi) is 3.20. The predicted octanol–water partition coefficient (Wildman–Crippen LogP) is 3.95. The number of hydrogen-bond donors (Lipinski definition) is 0. The van der Waals surface area contributed by atoms with Gasteiger partial charge in [0.05, 0.1) is 10.6 Å². The third-order valence-corrected chi connectivity index (χ3v) is 1.94. The normalized spacial score (nSPS) is 18.8. The maximum absolute atomic E-state index is 12.3. The van der Waals surface area contributed by atoms with Crippen molar-refractivity contribution in [2.75, 3.05) is 0 Å². The van der Waals surface area contributed by atoms with E-state index in [-0.39, 0.29) is 5.03 Å². The molecule has 0 radical (unpaired) electrons. The van der Waals surface area contributed by atoms with Gasteiger partial charge in [-0.05, 0) is 18.9 Å². The Morgan fingerprint density at radius 3 is 2.15 bits per heavy atom.